The van der Waals surface area contributed by atoms with Gasteiger partial charge in [-0.1, -0.05) is 12.2 Å². The predicted molar refractivity (Wildman–Crippen MR) is 74.3 cm³/mol. The molecule has 1 fully saturated rings. The largest absolute Gasteiger partial charge is 0.393 e. The van der Waals surface area contributed by atoms with Crippen molar-refractivity contribution in [3.8, 4) is 0 Å². The summed E-state index contributed by atoms with van der Waals surface area (Å²) in [7, 11) is 0. The minimum absolute atomic E-state index is 0.170. The third kappa shape index (κ3) is 3.04. The molecule has 0 aromatic carbocycles. The van der Waals surface area contributed by atoms with Crippen molar-refractivity contribution in [3.05, 3.63) is 21.2 Å². The lowest BCUT2D eigenvalue weighted by atomic mass is 10.3. The minimum atomic E-state index is -0.170. The molecule has 0 unspecified atom stereocenters. The SMILES string of the molecule is NC(=S)CCN(c1nc[nH]c(=O)c1Br)C1CC1. The molecular weight excluding hydrogens is 304 g/mol. The van der Waals surface area contributed by atoms with Crippen LogP contribution in [-0.4, -0.2) is 27.5 Å². The van der Waals surface area contributed by atoms with Gasteiger partial charge in [-0.15, -0.1) is 0 Å². The number of nitrogens with two attached hydrogens (primary N) is 1. The fourth-order valence-corrected chi connectivity index (χ4v) is 2.19. The van der Waals surface area contributed by atoms with Crippen LogP contribution in [-0.2, 0) is 0 Å². The number of halogens is 1. The van der Waals surface area contributed by atoms with E-state index in [4.69, 9.17) is 18.0 Å². The van der Waals surface area contributed by atoms with Gasteiger partial charge in [-0.2, -0.15) is 0 Å². The first-order chi connectivity index (χ1) is 8.09. The molecule has 3 N–H and O–H groups in total. The predicted octanol–water partition coefficient (Wildman–Crippen LogP) is 1.18. The second-order valence-corrected chi connectivity index (χ2v) is 5.33. The van der Waals surface area contributed by atoms with Gasteiger partial charge in [0.2, 0.25) is 0 Å². The molecule has 1 aliphatic carbocycles. The van der Waals surface area contributed by atoms with Gasteiger partial charge in [0, 0.05) is 19.0 Å². The summed E-state index contributed by atoms with van der Waals surface area (Å²) >= 11 is 8.15. The van der Waals surface area contributed by atoms with Crippen molar-refractivity contribution >= 4 is 39.0 Å². The Hall–Kier alpha value is -0.950. The highest BCUT2D eigenvalue weighted by Gasteiger charge is 2.31. The maximum absolute atomic E-state index is 11.5. The van der Waals surface area contributed by atoms with Gasteiger partial charge in [0.25, 0.3) is 5.56 Å². The Morgan fingerprint density at radius 2 is 2.41 bits per heavy atom. The normalized spacial score (nSPS) is 14.6. The van der Waals surface area contributed by atoms with Gasteiger partial charge >= 0.3 is 0 Å². The van der Waals surface area contributed by atoms with Crippen molar-refractivity contribution in [1.82, 2.24) is 9.97 Å². The molecular formula is C10H13BrN4OS. The third-order valence-corrected chi connectivity index (χ3v) is 3.56. The number of nitrogens with one attached hydrogen (secondary N) is 1. The molecule has 1 aromatic heterocycles. The fourth-order valence-electron chi connectivity index (χ4n) is 1.65. The van der Waals surface area contributed by atoms with Crippen LogP contribution in [0.2, 0.25) is 0 Å². The molecule has 0 amide bonds. The highest BCUT2D eigenvalue weighted by Crippen LogP contribution is 2.32. The number of hydrogen-bond donors (Lipinski definition) is 2. The summed E-state index contributed by atoms with van der Waals surface area (Å²) in [6.07, 6.45) is 4.29. The van der Waals surface area contributed by atoms with E-state index in [9.17, 15) is 4.79 Å². The first kappa shape index (κ1) is 12.5. The summed E-state index contributed by atoms with van der Waals surface area (Å²) in [5, 5.41) is 0. The topological polar surface area (TPSA) is 75.0 Å². The summed E-state index contributed by atoms with van der Waals surface area (Å²) in [6, 6.07) is 0.454. The van der Waals surface area contributed by atoms with Gasteiger partial charge in [-0.3, -0.25) is 4.79 Å². The average Bonchev–Trinajstić information content (AvgIpc) is 3.08. The minimum Gasteiger partial charge on any atom is -0.393 e. The van der Waals surface area contributed by atoms with Crippen LogP contribution >= 0.6 is 28.1 Å². The second kappa shape index (κ2) is 5.14. The first-order valence-corrected chi connectivity index (χ1v) is 6.58. The molecule has 1 heterocycles. The maximum atomic E-state index is 11.5. The monoisotopic (exact) mass is 316 g/mol. The molecule has 1 saturated carbocycles. The van der Waals surface area contributed by atoms with Crippen molar-refractivity contribution in [2.24, 2.45) is 5.73 Å². The van der Waals surface area contributed by atoms with Gasteiger partial charge in [-0.05, 0) is 28.8 Å². The Labute approximate surface area is 113 Å². The fraction of sp³-hybridized carbons (Fsp3) is 0.500. The quantitative estimate of drug-likeness (QED) is 0.798. The molecule has 1 aromatic rings. The Morgan fingerprint density at radius 1 is 1.71 bits per heavy atom. The van der Waals surface area contributed by atoms with E-state index in [0.29, 0.717) is 34.3 Å². The van der Waals surface area contributed by atoms with Gasteiger partial charge < -0.3 is 15.6 Å². The Kier molecular flexibility index (Phi) is 3.78. The van der Waals surface area contributed by atoms with E-state index in [1.807, 2.05) is 0 Å². The molecule has 0 bridgehead atoms. The molecule has 0 saturated heterocycles. The Bertz CT molecular complexity index is 485. The van der Waals surface area contributed by atoms with E-state index in [0.717, 1.165) is 12.8 Å². The van der Waals surface area contributed by atoms with Crippen LogP contribution in [0.15, 0.2) is 15.6 Å². The molecule has 0 aliphatic heterocycles. The second-order valence-electron chi connectivity index (χ2n) is 4.01. The standard InChI is InChI=1S/C10H13BrN4OS/c11-8-9(13-5-14-10(8)16)15(6-1-2-6)4-3-7(12)17/h5-6H,1-4H2,(H2,12,17)(H,13,14,16). The summed E-state index contributed by atoms with van der Waals surface area (Å²) in [4.78, 5) is 20.8. The smallest absolute Gasteiger partial charge is 0.267 e. The third-order valence-electron chi connectivity index (χ3n) is 2.64. The van der Waals surface area contributed by atoms with Crippen molar-refractivity contribution in [2.75, 3.05) is 11.4 Å². The van der Waals surface area contributed by atoms with Crippen molar-refractivity contribution in [2.45, 2.75) is 25.3 Å². The zero-order valence-electron chi connectivity index (χ0n) is 9.15. The van der Waals surface area contributed by atoms with Crippen LogP contribution in [0.1, 0.15) is 19.3 Å². The van der Waals surface area contributed by atoms with E-state index in [1.54, 1.807) is 0 Å². The number of anilines is 1. The molecule has 2 rings (SSSR count). The van der Waals surface area contributed by atoms with Gasteiger partial charge in [0.05, 0.1) is 11.3 Å². The van der Waals surface area contributed by atoms with E-state index < -0.39 is 0 Å². The zero-order chi connectivity index (χ0) is 12.4. The average molecular weight is 317 g/mol. The van der Waals surface area contributed by atoms with E-state index in [-0.39, 0.29) is 5.56 Å². The highest BCUT2D eigenvalue weighted by atomic mass is 79.9. The summed E-state index contributed by atoms with van der Waals surface area (Å²) in [5.41, 5.74) is 5.34. The summed E-state index contributed by atoms with van der Waals surface area (Å²) < 4.78 is 0.467. The van der Waals surface area contributed by atoms with Crippen LogP contribution in [0.5, 0.6) is 0 Å². The Balaban J connectivity index is 2.23. The first-order valence-electron chi connectivity index (χ1n) is 5.37. The van der Waals surface area contributed by atoms with Crippen LogP contribution in [0.3, 0.4) is 0 Å². The number of aromatic amines is 1. The van der Waals surface area contributed by atoms with Crippen LogP contribution in [0.25, 0.3) is 0 Å². The molecule has 92 valence electrons. The zero-order valence-corrected chi connectivity index (χ0v) is 11.6. The molecule has 7 heteroatoms. The lowest BCUT2D eigenvalue weighted by molar-refractivity contribution is 0.777. The van der Waals surface area contributed by atoms with Crippen molar-refractivity contribution < 1.29 is 0 Å². The Morgan fingerprint density at radius 3 is 3.00 bits per heavy atom. The van der Waals surface area contributed by atoms with Crippen molar-refractivity contribution in [3.63, 3.8) is 0 Å². The summed E-state index contributed by atoms with van der Waals surface area (Å²) in [5.74, 6) is 0.674. The number of nitrogens with zero attached hydrogens (tertiary/aromatic N) is 2. The van der Waals surface area contributed by atoms with Crippen molar-refractivity contribution in [1.29, 1.82) is 0 Å². The lowest BCUT2D eigenvalue weighted by Gasteiger charge is -2.23. The van der Waals surface area contributed by atoms with Crippen LogP contribution in [0, 0.1) is 0 Å². The summed E-state index contributed by atoms with van der Waals surface area (Å²) in [6.45, 7) is 0.703. The van der Waals surface area contributed by atoms with Gasteiger partial charge in [0.1, 0.15) is 4.47 Å². The molecule has 1 aliphatic rings. The maximum Gasteiger partial charge on any atom is 0.267 e. The van der Waals surface area contributed by atoms with Gasteiger partial charge in [0.15, 0.2) is 5.82 Å². The molecule has 0 atom stereocenters. The molecule has 5 nitrogen and oxygen atoms in total. The highest BCUT2D eigenvalue weighted by molar-refractivity contribution is 9.10. The number of H-pyrrole nitrogens is 1. The number of hydrogen-bond acceptors (Lipinski definition) is 4. The van der Waals surface area contributed by atoms with E-state index in [1.165, 1.54) is 6.33 Å². The molecule has 17 heavy (non-hydrogen) atoms. The van der Waals surface area contributed by atoms with Gasteiger partial charge in [-0.25, -0.2) is 4.98 Å². The number of thiocarbonyl (C=S) groups is 1. The molecule has 0 spiro atoms. The number of rotatable bonds is 5. The lowest BCUT2D eigenvalue weighted by Crippen LogP contribution is -2.32. The van der Waals surface area contributed by atoms with E-state index >= 15 is 0 Å². The van der Waals surface area contributed by atoms with E-state index in [2.05, 4.69) is 30.8 Å². The van der Waals surface area contributed by atoms with Crippen LogP contribution < -0.4 is 16.2 Å². The molecule has 0 radical (unpaired) electrons. The number of aromatic nitrogens is 2. The van der Waals surface area contributed by atoms with Crippen LogP contribution in [0.4, 0.5) is 5.82 Å².